The second kappa shape index (κ2) is 10.2. The summed E-state index contributed by atoms with van der Waals surface area (Å²) in [6, 6.07) is 16.7. The molecule has 0 saturated heterocycles. The molecule has 7 nitrogen and oxygen atoms in total. The molecule has 0 amide bonds. The summed E-state index contributed by atoms with van der Waals surface area (Å²) in [5, 5.41) is 21.3. The van der Waals surface area contributed by atoms with Gasteiger partial charge in [0.2, 0.25) is 0 Å². The molecule has 0 aliphatic heterocycles. The normalized spacial score (nSPS) is 23.4. The molecule has 3 rings (SSSR count). The lowest BCUT2D eigenvalue weighted by molar-refractivity contribution is -0.117. The van der Waals surface area contributed by atoms with E-state index >= 15 is 0 Å². The molecule has 2 aromatic carbocycles. The average Bonchev–Trinajstić information content (AvgIpc) is 2.78. The van der Waals surface area contributed by atoms with Gasteiger partial charge in [0.1, 0.15) is 24.9 Å². The summed E-state index contributed by atoms with van der Waals surface area (Å²) in [4.78, 5) is 24.6. The quantitative estimate of drug-likeness (QED) is 0.531. The predicted molar refractivity (Wildman–Crippen MR) is 108 cm³/mol. The van der Waals surface area contributed by atoms with Crippen molar-refractivity contribution in [3.63, 3.8) is 0 Å². The maximum atomic E-state index is 12.4. The highest BCUT2D eigenvalue weighted by molar-refractivity contribution is 5.90. The standard InChI is InChI=1S/C23H24O7/c1-2-28-18-13-17(14-29-22(26)15-9-5-3-6-10-15)19(24)21(20(18)25)30-23(27)16-11-7-4-8-12-16/h3-13,18-21,24-25H,2,14H2,1H3/t18-,19+,20+,21-/m0/s1. The molecule has 2 N–H and O–H groups in total. The summed E-state index contributed by atoms with van der Waals surface area (Å²) in [5.74, 6) is -1.24. The molecule has 158 valence electrons. The number of hydrogen-bond acceptors (Lipinski definition) is 7. The number of hydrogen-bond donors (Lipinski definition) is 2. The molecule has 2 aromatic rings. The average molecular weight is 412 g/mol. The Morgan fingerprint density at radius 1 is 0.900 bits per heavy atom. The lowest BCUT2D eigenvalue weighted by Crippen LogP contribution is -2.52. The molecule has 0 aromatic heterocycles. The summed E-state index contributed by atoms with van der Waals surface area (Å²) >= 11 is 0. The number of ether oxygens (including phenoxy) is 3. The number of aliphatic hydroxyl groups excluding tert-OH is 2. The van der Waals surface area contributed by atoms with Gasteiger partial charge in [-0.2, -0.15) is 0 Å². The number of rotatable bonds is 7. The van der Waals surface area contributed by atoms with E-state index in [9.17, 15) is 19.8 Å². The van der Waals surface area contributed by atoms with Gasteiger partial charge in [-0.05, 0) is 42.8 Å². The molecule has 1 aliphatic carbocycles. The summed E-state index contributed by atoms with van der Waals surface area (Å²) in [6.45, 7) is 1.82. The number of benzene rings is 2. The molecule has 0 spiro atoms. The minimum absolute atomic E-state index is 0.232. The van der Waals surface area contributed by atoms with E-state index in [1.807, 2.05) is 0 Å². The highest BCUT2D eigenvalue weighted by Crippen LogP contribution is 2.26. The first-order chi connectivity index (χ1) is 14.5. The van der Waals surface area contributed by atoms with Crippen LogP contribution in [0.5, 0.6) is 0 Å². The van der Waals surface area contributed by atoms with Gasteiger partial charge >= 0.3 is 11.9 Å². The van der Waals surface area contributed by atoms with Crippen LogP contribution in [-0.4, -0.2) is 59.8 Å². The molecule has 0 heterocycles. The van der Waals surface area contributed by atoms with Crippen molar-refractivity contribution in [1.82, 2.24) is 0 Å². The number of carbonyl (C=O) groups is 2. The first kappa shape index (κ1) is 21.7. The molecule has 30 heavy (non-hydrogen) atoms. The SMILES string of the molecule is CCO[C@H]1C=C(COC(=O)c2ccccc2)[C@@H](O)[C@H](OC(=O)c2ccccc2)[C@@H]1O. The van der Waals surface area contributed by atoms with Gasteiger partial charge < -0.3 is 24.4 Å². The highest BCUT2D eigenvalue weighted by Gasteiger charge is 2.42. The molecule has 0 unspecified atom stereocenters. The topological polar surface area (TPSA) is 102 Å². The van der Waals surface area contributed by atoms with Gasteiger partial charge in [0.25, 0.3) is 0 Å². The third kappa shape index (κ3) is 5.13. The Kier molecular flexibility index (Phi) is 7.35. The van der Waals surface area contributed by atoms with E-state index in [2.05, 4.69) is 0 Å². The van der Waals surface area contributed by atoms with E-state index in [-0.39, 0.29) is 17.7 Å². The largest absolute Gasteiger partial charge is 0.457 e. The molecule has 0 saturated carbocycles. The Bertz CT molecular complexity index is 879. The maximum absolute atomic E-state index is 12.4. The second-order valence-corrected chi connectivity index (χ2v) is 6.78. The number of aliphatic hydroxyl groups is 2. The fourth-order valence-corrected chi connectivity index (χ4v) is 3.17. The van der Waals surface area contributed by atoms with Gasteiger partial charge in [-0.3, -0.25) is 0 Å². The minimum Gasteiger partial charge on any atom is -0.457 e. The molecular formula is C23H24O7. The van der Waals surface area contributed by atoms with E-state index in [1.54, 1.807) is 67.6 Å². The molecule has 0 bridgehead atoms. The lowest BCUT2D eigenvalue weighted by atomic mass is 9.89. The van der Waals surface area contributed by atoms with Crippen LogP contribution in [0, 0.1) is 0 Å². The van der Waals surface area contributed by atoms with Crippen molar-refractivity contribution in [2.45, 2.75) is 31.3 Å². The van der Waals surface area contributed by atoms with Crippen LogP contribution in [0.1, 0.15) is 27.6 Å². The highest BCUT2D eigenvalue weighted by atomic mass is 16.6. The van der Waals surface area contributed by atoms with Crippen LogP contribution in [0.4, 0.5) is 0 Å². The first-order valence-corrected chi connectivity index (χ1v) is 9.67. The predicted octanol–water partition coefficient (Wildman–Crippen LogP) is 2.14. The smallest absolute Gasteiger partial charge is 0.338 e. The van der Waals surface area contributed by atoms with Gasteiger partial charge in [-0.25, -0.2) is 9.59 Å². The Morgan fingerprint density at radius 2 is 1.47 bits per heavy atom. The zero-order chi connectivity index (χ0) is 21.5. The maximum Gasteiger partial charge on any atom is 0.338 e. The van der Waals surface area contributed by atoms with E-state index < -0.39 is 36.4 Å². The monoisotopic (exact) mass is 412 g/mol. The summed E-state index contributed by atoms with van der Waals surface area (Å²) < 4.78 is 16.2. The molecule has 7 heteroatoms. The molecule has 0 fully saturated rings. The minimum atomic E-state index is -1.35. The van der Waals surface area contributed by atoms with Crippen molar-refractivity contribution in [3.05, 3.63) is 83.4 Å². The Labute approximate surface area is 174 Å². The zero-order valence-corrected chi connectivity index (χ0v) is 16.5. The second-order valence-electron chi connectivity index (χ2n) is 6.78. The summed E-state index contributed by atoms with van der Waals surface area (Å²) in [5.41, 5.74) is 0.946. The molecule has 4 atom stereocenters. The van der Waals surface area contributed by atoms with Gasteiger partial charge in [0.05, 0.1) is 11.1 Å². The van der Waals surface area contributed by atoms with Gasteiger partial charge in [0, 0.05) is 6.61 Å². The number of esters is 2. The van der Waals surface area contributed by atoms with Crippen molar-refractivity contribution >= 4 is 11.9 Å². The fraction of sp³-hybridized carbons (Fsp3) is 0.304. The Morgan fingerprint density at radius 3 is 2.03 bits per heavy atom. The molecular weight excluding hydrogens is 388 g/mol. The van der Waals surface area contributed by atoms with Crippen molar-refractivity contribution in [3.8, 4) is 0 Å². The van der Waals surface area contributed by atoms with Crippen molar-refractivity contribution in [1.29, 1.82) is 0 Å². The van der Waals surface area contributed by atoms with Gasteiger partial charge in [-0.1, -0.05) is 36.4 Å². The van der Waals surface area contributed by atoms with E-state index in [1.165, 1.54) is 6.08 Å². The van der Waals surface area contributed by atoms with E-state index in [0.29, 0.717) is 12.2 Å². The molecule has 1 aliphatic rings. The van der Waals surface area contributed by atoms with Crippen molar-refractivity contribution < 1.29 is 34.0 Å². The van der Waals surface area contributed by atoms with Crippen molar-refractivity contribution in [2.24, 2.45) is 0 Å². The Hall–Kier alpha value is -3.00. The van der Waals surface area contributed by atoms with Crippen LogP contribution in [0.3, 0.4) is 0 Å². The third-order valence-corrected chi connectivity index (χ3v) is 4.73. The van der Waals surface area contributed by atoms with Crippen LogP contribution < -0.4 is 0 Å². The van der Waals surface area contributed by atoms with Gasteiger partial charge in [0.15, 0.2) is 6.10 Å². The van der Waals surface area contributed by atoms with E-state index in [0.717, 1.165) is 0 Å². The lowest BCUT2D eigenvalue weighted by Gasteiger charge is -2.36. The summed E-state index contributed by atoms with van der Waals surface area (Å²) in [6.07, 6.45) is -3.22. The Balaban J connectivity index is 1.74. The van der Waals surface area contributed by atoms with Crippen LogP contribution in [0.25, 0.3) is 0 Å². The van der Waals surface area contributed by atoms with Crippen LogP contribution in [0.2, 0.25) is 0 Å². The zero-order valence-electron chi connectivity index (χ0n) is 16.5. The first-order valence-electron chi connectivity index (χ1n) is 9.67. The third-order valence-electron chi connectivity index (χ3n) is 4.73. The van der Waals surface area contributed by atoms with Crippen LogP contribution in [0.15, 0.2) is 72.3 Å². The van der Waals surface area contributed by atoms with E-state index in [4.69, 9.17) is 14.2 Å². The molecule has 0 radical (unpaired) electrons. The fourth-order valence-electron chi connectivity index (χ4n) is 3.17. The summed E-state index contributed by atoms with van der Waals surface area (Å²) in [7, 11) is 0. The van der Waals surface area contributed by atoms with Gasteiger partial charge in [-0.15, -0.1) is 0 Å². The van der Waals surface area contributed by atoms with Crippen molar-refractivity contribution in [2.75, 3.05) is 13.2 Å². The van der Waals surface area contributed by atoms with Crippen LogP contribution >= 0.6 is 0 Å². The van der Waals surface area contributed by atoms with Crippen LogP contribution in [-0.2, 0) is 14.2 Å². The number of carbonyl (C=O) groups excluding carboxylic acids is 2.